The van der Waals surface area contributed by atoms with Crippen LogP contribution in [0, 0.1) is 0 Å². The van der Waals surface area contributed by atoms with E-state index in [1.165, 1.54) is 18.4 Å². The monoisotopic (exact) mass is 195 g/mol. The maximum Gasteiger partial charge on any atom is 0.175 e. The Bertz CT molecular complexity index is 345. The van der Waals surface area contributed by atoms with Crippen molar-refractivity contribution in [3.8, 4) is 0 Å². The predicted octanol–water partition coefficient (Wildman–Crippen LogP) is 2.94. The molecule has 0 aromatic heterocycles. The van der Waals surface area contributed by atoms with E-state index in [0.717, 1.165) is 5.56 Å². The van der Waals surface area contributed by atoms with Gasteiger partial charge in [0.1, 0.15) is 0 Å². The molecule has 1 aliphatic rings. The van der Waals surface area contributed by atoms with E-state index in [2.05, 4.69) is 11.2 Å². The van der Waals surface area contributed by atoms with Gasteiger partial charge >= 0.3 is 0 Å². The summed E-state index contributed by atoms with van der Waals surface area (Å²) in [5.41, 5.74) is 2.08. The van der Waals surface area contributed by atoms with Gasteiger partial charge in [-0.15, -0.1) is 0 Å². The van der Waals surface area contributed by atoms with Crippen molar-refractivity contribution in [3.05, 3.63) is 35.4 Å². The third-order valence-electron chi connectivity index (χ3n) is 2.26. The standard InChI is InChI=1S/C10H10ClNO/c11-10(12-13)9-3-1-2-8(6-9)7-4-5-7/h1-3,6-7,13H,4-5H2/b12-10+. The fourth-order valence-corrected chi connectivity index (χ4v) is 1.51. The Morgan fingerprint density at radius 2 is 2.23 bits per heavy atom. The minimum Gasteiger partial charge on any atom is -0.410 e. The highest BCUT2D eigenvalue weighted by Gasteiger charge is 2.23. The third-order valence-corrected chi connectivity index (χ3v) is 2.56. The third kappa shape index (κ3) is 1.83. The summed E-state index contributed by atoms with van der Waals surface area (Å²) in [4.78, 5) is 0. The molecule has 1 aromatic rings. The van der Waals surface area contributed by atoms with Crippen LogP contribution in [0.2, 0.25) is 0 Å². The van der Waals surface area contributed by atoms with Gasteiger partial charge in [-0.25, -0.2) is 0 Å². The van der Waals surface area contributed by atoms with Crippen molar-refractivity contribution in [2.75, 3.05) is 0 Å². The zero-order chi connectivity index (χ0) is 9.26. The van der Waals surface area contributed by atoms with Crippen LogP contribution in [0.4, 0.5) is 0 Å². The summed E-state index contributed by atoms with van der Waals surface area (Å²) in [5, 5.41) is 11.6. The summed E-state index contributed by atoms with van der Waals surface area (Å²) in [6.07, 6.45) is 2.52. The van der Waals surface area contributed by atoms with Gasteiger partial charge in [0.2, 0.25) is 0 Å². The topological polar surface area (TPSA) is 32.6 Å². The molecule has 0 saturated heterocycles. The van der Waals surface area contributed by atoms with Crippen molar-refractivity contribution in [2.24, 2.45) is 5.16 Å². The number of rotatable bonds is 2. The van der Waals surface area contributed by atoms with Gasteiger partial charge in [-0.2, -0.15) is 0 Å². The molecule has 1 saturated carbocycles. The molecule has 0 unspecified atom stereocenters. The Labute approximate surface area is 81.8 Å². The van der Waals surface area contributed by atoms with Gasteiger partial charge in [0, 0.05) is 5.56 Å². The predicted molar refractivity (Wildman–Crippen MR) is 52.6 cm³/mol. The smallest absolute Gasteiger partial charge is 0.175 e. The minimum absolute atomic E-state index is 0.155. The lowest BCUT2D eigenvalue weighted by atomic mass is 10.1. The molecule has 3 heteroatoms. The Morgan fingerprint density at radius 1 is 1.46 bits per heavy atom. The zero-order valence-corrected chi connectivity index (χ0v) is 7.83. The average molecular weight is 196 g/mol. The van der Waals surface area contributed by atoms with Crippen LogP contribution in [-0.2, 0) is 0 Å². The van der Waals surface area contributed by atoms with E-state index in [1.807, 2.05) is 18.2 Å². The molecule has 13 heavy (non-hydrogen) atoms. The summed E-state index contributed by atoms with van der Waals surface area (Å²) in [5.74, 6) is 0.697. The minimum atomic E-state index is 0.155. The molecule has 2 nitrogen and oxygen atoms in total. The molecule has 0 bridgehead atoms. The van der Waals surface area contributed by atoms with Crippen LogP contribution in [0.25, 0.3) is 0 Å². The van der Waals surface area contributed by atoms with Crippen LogP contribution in [0.3, 0.4) is 0 Å². The first kappa shape index (κ1) is 8.57. The second kappa shape index (κ2) is 3.38. The van der Waals surface area contributed by atoms with Gasteiger partial charge < -0.3 is 5.21 Å². The normalized spacial score (nSPS) is 17.5. The van der Waals surface area contributed by atoms with Crippen LogP contribution in [0.15, 0.2) is 29.4 Å². The molecule has 2 rings (SSSR count). The lowest BCUT2D eigenvalue weighted by Gasteiger charge is -2.00. The van der Waals surface area contributed by atoms with Crippen LogP contribution in [0.5, 0.6) is 0 Å². The van der Waals surface area contributed by atoms with E-state index in [4.69, 9.17) is 16.8 Å². The molecular formula is C10H10ClNO. The fourth-order valence-electron chi connectivity index (χ4n) is 1.40. The molecule has 0 radical (unpaired) electrons. The lowest BCUT2D eigenvalue weighted by molar-refractivity contribution is 0.321. The second-order valence-electron chi connectivity index (χ2n) is 3.29. The van der Waals surface area contributed by atoms with Gasteiger partial charge in [-0.1, -0.05) is 35.0 Å². The van der Waals surface area contributed by atoms with Crippen molar-refractivity contribution in [2.45, 2.75) is 18.8 Å². The van der Waals surface area contributed by atoms with Crippen LogP contribution >= 0.6 is 11.6 Å². The quantitative estimate of drug-likeness (QED) is 0.439. The van der Waals surface area contributed by atoms with Crippen molar-refractivity contribution >= 4 is 16.8 Å². The first-order valence-electron chi connectivity index (χ1n) is 4.29. The molecule has 1 N–H and O–H groups in total. The van der Waals surface area contributed by atoms with Gasteiger partial charge in [0.05, 0.1) is 0 Å². The Hall–Kier alpha value is -1.02. The molecular weight excluding hydrogens is 186 g/mol. The number of nitrogens with zero attached hydrogens (tertiary/aromatic N) is 1. The highest BCUT2D eigenvalue weighted by atomic mass is 35.5. The first-order valence-corrected chi connectivity index (χ1v) is 4.67. The second-order valence-corrected chi connectivity index (χ2v) is 3.65. The van der Waals surface area contributed by atoms with Crippen LogP contribution < -0.4 is 0 Å². The van der Waals surface area contributed by atoms with E-state index >= 15 is 0 Å². The number of hydrogen-bond acceptors (Lipinski definition) is 2. The van der Waals surface area contributed by atoms with Crippen molar-refractivity contribution in [3.63, 3.8) is 0 Å². The molecule has 1 aliphatic carbocycles. The van der Waals surface area contributed by atoms with Gasteiger partial charge in [0.25, 0.3) is 0 Å². The first-order chi connectivity index (χ1) is 6.31. The molecule has 0 heterocycles. The van der Waals surface area contributed by atoms with E-state index in [9.17, 15) is 0 Å². The Balaban J connectivity index is 2.31. The molecule has 0 amide bonds. The van der Waals surface area contributed by atoms with Gasteiger partial charge in [0.15, 0.2) is 5.17 Å². The number of hydrogen-bond donors (Lipinski definition) is 1. The largest absolute Gasteiger partial charge is 0.410 e. The molecule has 0 aliphatic heterocycles. The summed E-state index contributed by atoms with van der Waals surface area (Å²) >= 11 is 5.69. The molecule has 1 aromatic carbocycles. The molecule has 68 valence electrons. The van der Waals surface area contributed by atoms with Gasteiger partial charge in [-0.05, 0) is 30.4 Å². The van der Waals surface area contributed by atoms with Crippen molar-refractivity contribution in [1.29, 1.82) is 0 Å². The van der Waals surface area contributed by atoms with Crippen molar-refractivity contribution < 1.29 is 5.21 Å². The van der Waals surface area contributed by atoms with Crippen molar-refractivity contribution in [1.82, 2.24) is 0 Å². The maximum absolute atomic E-state index is 8.49. The van der Waals surface area contributed by atoms with E-state index in [1.54, 1.807) is 0 Å². The maximum atomic E-state index is 8.49. The summed E-state index contributed by atoms with van der Waals surface area (Å²) in [6.45, 7) is 0. The molecule has 0 spiro atoms. The van der Waals surface area contributed by atoms with E-state index in [0.29, 0.717) is 5.92 Å². The van der Waals surface area contributed by atoms with Crippen LogP contribution in [0.1, 0.15) is 29.9 Å². The number of benzene rings is 1. The SMILES string of the molecule is O/N=C(/Cl)c1cccc(C2CC2)c1. The Kier molecular flexibility index (Phi) is 2.23. The average Bonchev–Trinajstić information content (AvgIpc) is 3.00. The van der Waals surface area contributed by atoms with E-state index < -0.39 is 0 Å². The fraction of sp³-hybridized carbons (Fsp3) is 0.300. The summed E-state index contributed by atoms with van der Waals surface area (Å²) in [6, 6.07) is 7.85. The highest BCUT2D eigenvalue weighted by molar-refractivity contribution is 6.69. The highest BCUT2D eigenvalue weighted by Crippen LogP contribution is 2.40. The summed E-state index contributed by atoms with van der Waals surface area (Å²) in [7, 11) is 0. The molecule has 1 fully saturated rings. The number of oxime groups is 1. The number of halogens is 1. The van der Waals surface area contributed by atoms with Crippen LogP contribution in [-0.4, -0.2) is 10.4 Å². The van der Waals surface area contributed by atoms with Gasteiger partial charge in [-0.3, -0.25) is 0 Å². The lowest BCUT2D eigenvalue weighted by Crippen LogP contribution is -1.92. The molecule has 0 atom stereocenters. The summed E-state index contributed by atoms with van der Waals surface area (Å²) < 4.78 is 0. The Morgan fingerprint density at radius 3 is 2.85 bits per heavy atom. The van der Waals surface area contributed by atoms with E-state index in [-0.39, 0.29) is 5.17 Å². The zero-order valence-electron chi connectivity index (χ0n) is 7.07.